The van der Waals surface area contributed by atoms with E-state index < -0.39 is 10.7 Å². The minimum atomic E-state index is -0.495. The Kier molecular flexibility index (Phi) is 4.98. The van der Waals surface area contributed by atoms with Gasteiger partial charge in [0.1, 0.15) is 5.82 Å². The van der Waals surface area contributed by atoms with Crippen LogP contribution in [0.1, 0.15) is 5.56 Å². The standard InChI is InChI=1S/C14H11Cl2FN2O2/c15-12-7-10(17)8-13(16)14(12)18-6-5-9-1-3-11(4-2-9)19(20)21/h1-4,7-8,18H,5-6H2. The molecular formula is C14H11Cl2FN2O2. The number of nitro benzene ring substituents is 1. The van der Waals surface area contributed by atoms with Gasteiger partial charge in [0.25, 0.3) is 5.69 Å². The molecule has 0 radical (unpaired) electrons. The maximum atomic E-state index is 13.0. The molecule has 110 valence electrons. The van der Waals surface area contributed by atoms with Gasteiger partial charge in [-0.3, -0.25) is 10.1 Å². The summed E-state index contributed by atoms with van der Waals surface area (Å²) in [7, 11) is 0. The van der Waals surface area contributed by atoms with E-state index >= 15 is 0 Å². The Bertz CT molecular complexity index is 640. The quantitative estimate of drug-likeness (QED) is 0.639. The van der Waals surface area contributed by atoms with Gasteiger partial charge in [0.2, 0.25) is 0 Å². The highest BCUT2D eigenvalue weighted by Crippen LogP contribution is 2.31. The summed E-state index contributed by atoms with van der Waals surface area (Å²) in [5, 5.41) is 14.0. The van der Waals surface area contributed by atoms with Crippen LogP contribution in [0.15, 0.2) is 36.4 Å². The van der Waals surface area contributed by atoms with Crippen LogP contribution in [-0.4, -0.2) is 11.5 Å². The SMILES string of the molecule is O=[N+]([O-])c1ccc(CCNc2c(Cl)cc(F)cc2Cl)cc1. The molecule has 0 amide bonds. The first kappa shape index (κ1) is 15.5. The summed E-state index contributed by atoms with van der Waals surface area (Å²) in [6.45, 7) is 0.517. The number of rotatable bonds is 5. The second kappa shape index (κ2) is 6.74. The van der Waals surface area contributed by atoms with Gasteiger partial charge in [0.05, 0.1) is 20.7 Å². The summed E-state index contributed by atoms with van der Waals surface area (Å²) in [4.78, 5) is 10.1. The summed E-state index contributed by atoms with van der Waals surface area (Å²) in [5.74, 6) is -0.495. The highest BCUT2D eigenvalue weighted by molar-refractivity contribution is 6.39. The molecule has 0 fully saturated rings. The molecule has 0 aromatic heterocycles. The lowest BCUT2D eigenvalue weighted by atomic mass is 10.1. The summed E-state index contributed by atoms with van der Waals surface area (Å²) in [6, 6.07) is 8.64. The van der Waals surface area contributed by atoms with Crippen LogP contribution >= 0.6 is 23.2 Å². The fourth-order valence-corrected chi connectivity index (χ4v) is 2.42. The zero-order valence-corrected chi connectivity index (χ0v) is 12.3. The Labute approximate surface area is 130 Å². The van der Waals surface area contributed by atoms with Gasteiger partial charge in [-0.25, -0.2) is 4.39 Å². The van der Waals surface area contributed by atoms with Crippen LogP contribution in [0.2, 0.25) is 10.0 Å². The lowest BCUT2D eigenvalue weighted by Gasteiger charge is -2.10. The third-order valence-electron chi connectivity index (χ3n) is 2.87. The summed E-state index contributed by atoms with van der Waals surface area (Å²) in [6.07, 6.45) is 0.627. The van der Waals surface area contributed by atoms with E-state index in [0.29, 0.717) is 18.7 Å². The second-order valence-electron chi connectivity index (χ2n) is 4.34. The molecule has 2 aromatic rings. The van der Waals surface area contributed by atoms with Crippen molar-refractivity contribution >= 4 is 34.6 Å². The van der Waals surface area contributed by atoms with E-state index in [1.807, 2.05) is 0 Å². The number of benzene rings is 2. The van der Waals surface area contributed by atoms with E-state index in [2.05, 4.69) is 5.32 Å². The normalized spacial score (nSPS) is 10.4. The van der Waals surface area contributed by atoms with Gasteiger partial charge in [0.15, 0.2) is 0 Å². The molecule has 0 saturated carbocycles. The number of anilines is 1. The predicted molar refractivity (Wildman–Crippen MR) is 81.7 cm³/mol. The van der Waals surface area contributed by atoms with E-state index in [9.17, 15) is 14.5 Å². The number of hydrogen-bond acceptors (Lipinski definition) is 3. The lowest BCUT2D eigenvalue weighted by molar-refractivity contribution is -0.384. The molecular weight excluding hydrogens is 318 g/mol. The van der Waals surface area contributed by atoms with Crippen molar-refractivity contribution in [3.63, 3.8) is 0 Å². The molecule has 1 N–H and O–H groups in total. The molecule has 7 heteroatoms. The Balaban J connectivity index is 1.97. The van der Waals surface area contributed by atoms with Gasteiger partial charge >= 0.3 is 0 Å². The van der Waals surface area contributed by atoms with Crippen molar-refractivity contribution in [2.75, 3.05) is 11.9 Å². The molecule has 0 saturated heterocycles. The van der Waals surface area contributed by atoms with Gasteiger partial charge in [-0.05, 0) is 24.1 Å². The first-order chi connectivity index (χ1) is 9.97. The number of halogens is 3. The Hall–Kier alpha value is -1.85. The molecule has 4 nitrogen and oxygen atoms in total. The van der Waals surface area contributed by atoms with Crippen LogP contribution < -0.4 is 5.32 Å². The summed E-state index contributed by atoms with van der Waals surface area (Å²) >= 11 is 11.8. The van der Waals surface area contributed by atoms with Crippen LogP contribution in [0.4, 0.5) is 15.8 Å². The first-order valence-corrected chi connectivity index (χ1v) is 6.84. The number of hydrogen-bond donors (Lipinski definition) is 1. The minimum Gasteiger partial charge on any atom is -0.382 e. The van der Waals surface area contributed by atoms with Crippen molar-refractivity contribution in [2.24, 2.45) is 0 Å². The molecule has 2 rings (SSSR count). The van der Waals surface area contributed by atoms with Gasteiger partial charge in [-0.15, -0.1) is 0 Å². The molecule has 21 heavy (non-hydrogen) atoms. The Morgan fingerprint density at radius 1 is 1.14 bits per heavy atom. The van der Waals surface area contributed by atoms with Gasteiger partial charge in [-0.1, -0.05) is 35.3 Å². The van der Waals surface area contributed by atoms with Crippen molar-refractivity contribution in [3.8, 4) is 0 Å². The molecule has 2 aromatic carbocycles. The van der Waals surface area contributed by atoms with Crippen LogP contribution in [0.25, 0.3) is 0 Å². The number of nitrogens with one attached hydrogen (secondary N) is 1. The Morgan fingerprint density at radius 2 is 1.71 bits per heavy atom. The van der Waals surface area contributed by atoms with Crippen LogP contribution in [0.3, 0.4) is 0 Å². The molecule has 0 atom stereocenters. The smallest absolute Gasteiger partial charge is 0.269 e. The summed E-state index contributed by atoms with van der Waals surface area (Å²) < 4.78 is 13.0. The lowest BCUT2D eigenvalue weighted by Crippen LogP contribution is -2.06. The minimum absolute atomic E-state index is 0.0522. The van der Waals surface area contributed by atoms with Crippen molar-refractivity contribution in [3.05, 3.63) is 67.9 Å². The molecule has 0 aliphatic rings. The monoisotopic (exact) mass is 328 g/mol. The topological polar surface area (TPSA) is 55.2 Å². The fourth-order valence-electron chi connectivity index (χ4n) is 1.83. The van der Waals surface area contributed by atoms with E-state index in [-0.39, 0.29) is 15.7 Å². The fraction of sp³-hybridized carbons (Fsp3) is 0.143. The largest absolute Gasteiger partial charge is 0.382 e. The average Bonchev–Trinajstić information content (AvgIpc) is 2.42. The third kappa shape index (κ3) is 4.06. The zero-order chi connectivity index (χ0) is 15.4. The Morgan fingerprint density at radius 3 is 2.24 bits per heavy atom. The molecule has 0 spiro atoms. The molecule has 0 aliphatic carbocycles. The van der Waals surface area contributed by atoms with E-state index in [1.54, 1.807) is 12.1 Å². The van der Waals surface area contributed by atoms with Crippen LogP contribution in [-0.2, 0) is 6.42 Å². The molecule has 0 bridgehead atoms. The van der Waals surface area contributed by atoms with E-state index in [0.717, 1.165) is 5.56 Å². The highest BCUT2D eigenvalue weighted by Gasteiger charge is 2.08. The van der Waals surface area contributed by atoms with E-state index in [1.165, 1.54) is 24.3 Å². The highest BCUT2D eigenvalue weighted by atomic mass is 35.5. The maximum Gasteiger partial charge on any atom is 0.269 e. The predicted octanol–water partition coefficient (Wildman–Crippen LogP) is 4.70. The van der Waals surface area contributed by atoms with Crippen LogP contribution in [0, 0.1) is 15.9 Å². The van der Waals surface area contributed by atoms with Crippen LogP contribution in [0.5, 0.6) is 0 Å². The summed E-state index contributed by atoms with van der Waals surface area (Å²) in [5.41, 5.74) is 1.46. The average molecular weight is 329 g/mol. The number of nitro groups is 1. The second-order valence-corrected chi connectivity index (χ2v) is 5.16. The number of nitrogens with zero attached hydrogens (tertiary/aromatic N) is 1. The van der Waals surface area contributed by atoms with Gasteiger partial charge in [0, 0.05) is 18.7 Å². The van der Waals surface area contributed by atoms with Crippen molar-refractivity contribution in [1.29, 1.82) is 0 Å². The van der Waals surface area contributed by atoms with Crippen molar-refractivity contribution in [1.82, 2.24) is 0 Å². The first-order valence-electron chi connectivity index (χ1n) is 6.09. The third-order valence-corrected chi connectivity index (χ3v) is 3.47. The maximum absolute atomic E-state index is 13.0. The molecule has 0 aliphatic heterocycles. The zero-order valence-electron chi connectivity index (χ0n) is 10.8. The van der Waals surface area contributed by atoms with Crippen molar-refractivity contribution < 1.29 is 9.31 Å². The van der Waals surface area contributed by atoms with Crippen molar-refractivity contribution in [2.45, 2.75) is 6.42 Å². The van der Waals surface area contributed by atoms with Gasteiger partial charge < -0.3 is 5.32 Å². The van der Waals surface area contributed by atoms with E-state index in [4.69, 9.17) is 23.2 Å². The molecule has 0 unspecified atom stereocenters. The van der Waals surface area contributed by atoms with Gasteiger partial charge in [-0.2, -0.15) is 0 Å². The molecule has 0 heterocycles. The number of non-ortho nitro benzene ring substituents is 1.